The molecule has 1 aliphatic heterocycles. The molecular weight excluding hydrogens is 62.1 g/mol. The zero-order valence-corrected chi connectivity index (χ0v) is 3.23. The van der Waals surface area contributed by atoms with Gasteiger partial charge in [0.2, 0.25) is 0 Å². The van der Waals surface area contributed by atoms with E-state index in [-0.39, 0.29) is 0 Å². The molecule has 0 aromatic heterocycles. The van der Waals surface area contributed by atoms with E-state index in [4.69, 9.17) is 0 Å². The van der Waals surface area contributed by atoms with E-state index >= 15 is 0 Å². The first kappa shape index (κ1) is 2.76. The van der Waals surface area contributed by atoms with Crippen molar-refractivity contribution in [2.75, 3.05) is 0 Å². The van der Waals surface area contributed by atoms with E-state index in [1.807, 2.05) is 6.20 Å². The van der Waals surface area contributed by atoms with Crippen LogP contribution in [0.15, 0.2) is 12.3 Å². The molecule has 1 N–H and O–H groups in total. The van der Waals surface area contributed by atoms with Crippen LogP contribution < -0.4 is 5.32 Å². The number of hydrogen-bond donors (Lipinski definition) is 1. The van der Waals surface area contributed by atoms with Crippen LogP contribution in [0.2, 0.25) is 0 Å². The number of rotatable bonds is 0. The third-order valence-electron chi connectivity index (χ3n) is 0.744. The minimum Gasteiger partial charge on any atom is -0.385 e. The first-order chi connectivity index (χ1) is 2.39. The van der Waals surface area contributed by atoms with Gasteiger partial charge in [0, 0.05) is 6.04 Å². The summed E-state index contributed by atoms with van der Waals surface area (Å²) in [5, 5.41) is 3.03. The number of nitrogens with one attached hydrogen (secondary N) is 1. The Bertz CT molecular complexity index is 56.7. The lowest BCUT2D eigenvalue weighted by Gasteiger charge is -2.13. The van der Waals surface area contributed by atoms with Crippen molar-refractivity contribution in [1.82, 2.24) is 5.32 Å². The SMILES string of the molecule is C[C@H]1C=CN1. The van der Waals surface area contributed by atoms with Crippen LogP contribution >= 0.6 is 0 Å². The van der Waals surface area contributed by atoms with E-state index in [0.717, 1.165) is 0 Å². The van der Waals surface area contributed by atoms with Crippen LogP contribution in [0.4, 0.5) is 0 Å². The van der Waals surface area contributed by atoms with Crippen LogP contribution in [-0.4, -0.2) is 6.04 Å². The van der Waals surface area contributed by atoms with Crippen LogP contribution in [0, 0.1) is 0 Å². The molecule has 0 aromatic carbocycles. The molecule has 5 heavy (non-hydrogen) atoms. The van der Waals surface area contributed by atoms with Crippen molar-refractivity contribution in [3.8, 4) is 0 Å². The highest BCUT2D eigenvalue weighted by atomic mass is 14.9. The molecule has 0 unspecified atom stereocenters. The predicted molar refractivity (Wildman–Crippen MR) is 21.7 cm³/mol. The zero-order valence-electron chi connectivity index (χ0n) is 3.23. The zero-order chi connectivity index (χ0) is 3.70. The van der Waals surface area contributed by atoms with Gasteiger partial charge in [-0.25, -0.2) is 0 Å². The van der Waals surface area contributed by atoms with Gasteiger partial charge in [-0.2, -0.15) is 0 Å². The van der Waals surface area contributed by atoms with Crippen LogP contribution in [0.25, 0.3) is 0 Å². The van der Waals surface area contributed by atoms with Crippen LogP contribution in [0.3, 0.4) is 0 Å². The van der Waals surface area contributed by atoms with Gasteiger partial charge in [0.1, 0.15) is 0 Å². The van der Waals surface area contributed by atoms with Crippen LogP contribution in [0.1, 0.15) is 6.92 Å². The second kappa shape index (κ2) is 0.744. The molecule has 0 amide bonds. The molecule has 1 rings (SSSR count). The van der Waals surface area contributed by atoms with E-state index < -0.39 is 0 Å². The quantitative estimate of drug-likeness (QED) is 0.436. The summed E-state index contributed by atoms with van der Waals surface area (Å²) in [7, 11) is 0. The van der Waals surface area contributed by atoms with Crippen LogP contribution in [-0.2, 0) is 0 Å². The third-order valence-corrected chi connectivity index (χ3v) is 0.744. The largest absolute Gasteiger partial charge is 0.385 e. The summed E-state index contributed by atoms with van der Waals surface area (Å²) in [4.78, 5) is 0. The average Bonchev–Trinajstić information content (AvgIpc) is 1.30. The fourth-order valence-corrected chi connectivity index (χ4v) is 0.289. The van der Waals surface area contributed by atoms with Gasteiger partial charge in [0.15, 0.2) is 0 Å². The van der Waals surface area contributed by atoms with Crippen molar-refractivity contribution in [3.05, 3.63) is 12.3 Å². The van der Waals surface area contributed by atoms with Gasteiger partial charge >= 0.3 is 0 Å². The molecular formula is C4H7N. The van der Waals surface area contributed by atoms with Crippen molar-refractivity contribution in [1.29, 1.82) is 0 Å². The standard InChI is InChI=1S/C4H7N/c1-4-2-3-5-4/h2-5H,1H3/t4-/m0/s1. The molecule has 0 bridgehead atoms. The lowest BCUT2D eigenvalue weighted by Crippen LogP contribution is -2.25. The molecule has 0 fully saturated rings. The van der Waals surface area contributed by atoms with Crippen molar-refractivity contribution < 1.29 is 0 Å². The van der Waals surface area contributed by atoms with Gasteiger partial charge in [-0.05, 0) is 19.2 Å². The monoisotopic (exact) mass is 69.1 g/mol. The Labute approximate surface area is 31.7 Å². The van der Waals surface area contributed by atoms with Crippen LogP contribution in [0.5, 0.6) is 0 Å². The van der Waals surface area contributed by atoms with Crippen molar-refractivity contribution in [2.24, 2.45) is 0 Å². The number of hydrogen-bond acceptors (Lipinski definition) is 1. The Morgan fingerprint density at radius 3 is 2.20 bits per heavy atom. The smallest absolute Gasteiger partial charge is 0.0427 e. The topological polar surface area (TPSA) is 12.0 Å². The second-order valence-corrected chi connectivity index (χ2v) is 1.31. The van der Waals surface area contributed by atoms with Crippen molar-refractivity contribution >= 4 is 0 Å². The summed E-state index contributed by atoms with van der Waals surface area (Å²) >= 11 is 0. The van der Waals surface area contributed by atoms with E-state index in [9.17, 15) is 0 Å². The maximum absolute atomic E-state index is 3.03. The fourth-order valence-electron chi connectivity index (χ4n) is 0.289. The molecule has 0 aromatic rings. The highest BCUT2D eigenvalue weighted by Crippen LogP contribution is 1.90. The normalized spacial score (nSPS) is 31.8. The molecule has 28 valence electrons. The lowest BCUT2D eigenvalue weighted by atomic mass is 10.2. The maximum atomic E-state index is 3.03. The lowest BCUT2D eigenvalue weighted by molar-refractivity contribution is 0.701. The molecule has 1 aliphatic rings. The molecule has 1 atom stereocenters. The Hall–Kier alpha value is -0.460. The molecule has 1 heteroatoms. The first-order valence-corrected chi connectivity index (χ1v) is 1.82. The van der Waals surface area contributed by atoms with Gasteiger partial charge in [0.25, 0.3) is 0 Å². The van der Waals surface area contributed by atoms with Gasteiger partial charge < -0.3 is 5.32 Å². The second-order valence-electron chi connectivity index (χ2n) is 1.31. The minimum atomic E-state index is 0.634. The van der Waals surface area contributed by atoms with Gasteiger partial charge in [-0.15, -0.1) is 0 Å². The molecule has 0 aliphatic carbocycles. The highest BCUT2D eigenvalue weighted by molar-refractivity contribution is 5.01. The molecule has 0 radical (unpaired) electrons. The summed E-state index contributed by atoms with van der Waals surface area (Å²) in [6, 6.07) is 0.634. The van der Waals surface area contributed by atoms with E-state index in [1.54, 1.807) is 0 Å². The highest BCUT2D eigenvalue weighted by Gasteiger charge is 1.95. The fraction of sp³-hybridized carbons (Fsp3) is 0.500. The van der Waals surface area contributed by atoms with Crippen molar-refractivity contribution in [2.45, 2.75) is 13.0 Å². The molecule has 0 spiro atoms. The summed E-state index contributed by atoms with van der Waals surface area (Å²) in [6.07, 6.45) is 4.06. The Balaban J connectivity index is 2.39. The van der Waals surface area contributed by atoms with Gasteiger partial charge in [0.05, 0.1) is 0 Å². The average molecular weight is 69.1 g/mol. The molecule has 0 saturated heterocycles. The molecule has 1 heterocycles. The molecule has 0 saturated carbocycles. The molecule has 1 nitrogen and oxygen atoms in total. The predicted octanol–water partition coefficient (Wildman–Crippen LogP) is 0.492. The summed E-state index contributed by atoms with van der Waals surface area (Å²) < 4.78 is 0. The Morgan fingerprint density at radius 1 is 1.80 bits per heavy atom. The van der Waals surface area contributed by atoms with Gasteiger partial charge in [-0.3, -0.25) is 0 Å². The Morgan fingerprint density at radius 2 is 2.20 bits per heavy atom. The maximum Gasteiger partial charge on any atom is 0.0427 e. The Kier molecular flexibility index (Phi) is 0.411. The van der Waals surface area contributed by atoms with E-state index in [1.165, 1.54) is 0 Å². The summed E-state index contributed by atoms with van der Waals surface area (Å²) in [5.74, 6) is 0. The van der Waals surface area contributed by atoms with Gasteiger partial charge in [-0.1, -0.05) is 0 Å². The summed E-state index contributed by atoms with van der Waals surface area (Å²) in [6.45, 7) is 2.11. The van der Waals surface area contributed by atoms with E-state index in [0.29, 0.717) is 6.04 Å². The van der Waals surface area contributed by atoms with E-state index in [2.05, 4.69) is 18.3 Å². The van der Waals surface area contributed by atoms with Crippen molar-refractivity contribution in [3.63, 3.8) is 0 Å². The third kappa shape index (κ3) is 0.274. The summed E-state index contributed by atoms with van der Waals surface area (Å²) in [5.41, 5.74) is 0. The first-order valence-electron chi connectivity index (χ1n) is 1.82. The minimum absolute atomic E-state index is 0.634.